The summed E-state index contributed by atoms with van der Waals surface area (Å²) in [6, 6.07) is 1.75. The average Bonchev–Trinajstić information content (AvgIpc) is 2.32. The summed E-state index contributed by atoms with van der Waals surface area (Å²) in [6.45, 7) is 11.8. The van der Waals surface area contributed by atoms with Crippen molar-refractivity contribution in [3.8, 4) is 11.8 Å². The van der Waals surface area contributed by atoms with Gasteiger partial charge >= 0.3 is 6.09 Å². The van der Waals surface area contributed by atoms with Crippen molar-refractivity contribution in [3.63, 3.8) is 0 Å². The topological polar surface area (TPSA) is 64.1 Å². The second-order valence-electron chi connectivity index (χ2n) is 6.67. The van der Waals surface area contributed by atoms with E-state index in [0.29, 0.717) is 5.69 Å². The molecule has 1 aromatic rings. The predicted octanol–water partition coefficient (Wildman–Crippen LogP) is 2.65. The van der Waals surface area contributed by atoms with Crippen LogP contribution in [0.15, 0.2) is 12.3 Å². The summed E-state index contributed by atoms with van der Waals surface area (Å²) in [4.78, 5) is 20.1. The zero-order valence-electron chi connectivity index (χ0n) is 13.6. The third-order valence-electron chi connectivity index (χ3n) is 2.26. The molecule has 0 saturated carbocycles. The van der Waals surface area contributed by atoms with Gasteiger partial charge in [0, 0.05) is 11.6 Å². The van der Waals surface area contributed by atoms with Crippen LogP contribution in [-0.2, 0) is 10.2 Å². The molecule has 0 spiro atoms. The fourth-order valence-electron chi connectivity index (χ4n) is 1.35. The Morgan fingerprint density at radius 1 is 1.29 bits per heavy atom. The molecular weight excluding hydrogens is 266 g/mol. The van der Waals surface area contributed by atoms with Gasteiger partial charge in [-0.25, -0.2) is 14.8 Å². The second-order valence-corrected chi connectivity index (χ2v) is 6.67. The molecule has 0 fully saturated rings. The fraction of sp³-hybridized carbons (Fsp3) is 0.562. The SMILES string of the molecule is CC(C)(C)OC(=O)NCC#Cc1ccnc(C(C)(C)C)n1. The van der Waals surface area contributed by atoms with E-state index < -0.39 is 11.7 Å². The van der Waals surface area contributed by atoms with Gasteiger partial charge in [-0.2, -0.15) is 0 Å². The number of ether oxygens (including phenoxy) is 1. The van der Waals surface area contributed by atoms with Crippen LogP contribution in [0.3, 0.4) is 0 Å². The van der Waals surface area contributed by atoms with Crippen LogP contribution >= 0.6 is 0 Å². The highest BCUT2D eigenvalue weighted by Gasteiger charge is 2.17. The van der Waals surface area contributed by atoms with Gasteiger partial charge in [0.1, 0.15) is 17.1 Å². The molecule has 1 aromatic heterocycles. The molecule has 0 atom stereocenters. The largest absolute Gasteiger partial charge is 0.444 e. The molecule has 1 heterocycles. The van der Waals surface area contributed by atoms with E-state index >= 15 is 0 Å². The highest BCUT2D eigenvalue weighted by molar-refractivity contribution is 5.68. The Bertz CT molecular complexity index is 557. The molecule has 1 rings (SSSR count). The summed E-state index contributed by atoms with van der Waals surface area (Å²) in [5, 5.41) is 2.58. The lowest BCUT2D eigenvalue weighted by atomic mass is 9.96. The predicted molar refractivity (Wildman–Crippen MR) is 81.8 cm³/mol. The highest BCUT2D eigenvalue weighted by atomic mass is 16.6. The highest BCUT2D eigenvalue weighted by Crippen LogP contribution is 2.17. The van der Waals surface area contributed by atoms with E-state index in [2.05, 4.69) is 27.1 Å². The number of carbonyl (C=O) groups excluding carboxylic acids is 1. The number of rotatable bonds is 1. The van der Waals surface area contributed by atoms with Gasteiger partial charge in [0.25, 0.3) is 0 Å². The molecule has 0 saturated heterocycles. The van der Waals surface area contributed by atoms with E-state index in [0.717, 1.165) is 5.82 Å². The van der Waals surface area contributed by atoms with Crippen molar-refractivity contribution in [2.45, 2.75) is 52.6 Å². The molecule has 5 nitrogen and oxygen atoms in total. The number of nitrogens with zero attached hydrogens (tertiary/aromatic N) is 2. The molecule has 0 aliphatic heterocycles. The lowest BCUT2D eigenvalue weighted by molar-refractivity contribution is 0.0535. The lowest BCUT2D eigenvalue weighted by Gasteiger charge is -2.19. The zero-order chi connectivity index (χ0) is 16.1. The van der Waals surface area contributed by atoms with Crippen LogP contribution in [0.4, 0.5) is 4.79 Å². The first-order chi connectivity index (χ1) is 9.58. The first kappa shape index (κ1) is 17.0. The van der Waals surface area contributed by atoms with Crippen molar-refractivity contribution in [3.05, 3.63) is 23.8 Å². The molecule has 0 aliphatic carbocycles. The molecule has 0 unspecified atom stereocenters. The molecule has 21 heavy (non-hydrogen) atoms. The third-order valence-corrected chi connectivity index (χ3v) is 2.26. The van der Waals surface area contributed by atoms with Crippen molar-refractivity contribution in [1.82, 2.24) is 15.3 Å². The van der Waals surface area contributed by atoms with Gasteiger partial charge in [-0.05, 0) is 32.8 Å². The number of hydrogen-bond acceptors (Lipinski definition) is 4. The number of alkyl carbamates (subject to hydrolysis) is 1. The zero-order valence-corrected chi connectivity index (χ0v) is 13.6. The van der Waals surface area contributed by atoms with Crippen LogP contribution in [0.1, 0.15) is 53.1 Å². The van der Waals surface area contributed by atoms with Crippen molar-refractivity contribution in [2.24, 2.45) is 0 Å². The third kappa shape index (κ3) is 6.75. The maximum Gasteiger partial charge on any atom is 0.408 e. The maximum absolute atomic E-state index is 11.4. The summed E-state index contributed by atoms with van der Waals surface area (Å²) >= 11 is 0. The molecule has 114 valence electrons. The Morgan fingerprint density at radius 2 is 1.95 bits per heavy atom. The standard InChI is InChI=1S/C16H23N3O2/c1-15(2,3)13-17-11-9-12(19-13)8-7-10-18-14(20)21-16(4,5)6/h9,11H,10H2,1-6H3,(H,18,20). The molecule has 0 radical (unpaired) electrons. The summed E-state index contributed by atoms with van der Waals surface area (Å²) in [7, 11) is 0. The van der Waals surface area contributed by atoms with Gasteiger partial charge in [-0.1, -0.05) is 26.7 Å². The summed E-state index contributed by atoms with van der Waals surface area (Å²) in [5.41, 5.74) is 0.0130. The van der Waals surface area contributed by atoms with E-state index in [9.17, 15) is 4.79 Å². The Kier molecular flexibility index (Phi) is 5.31. The Balaban J connectivity index is 2.58. The molecule has 1 N–H and O–H groups in total. The minimum atomic E-state index is -0.508. The second kappa shape index (κ2) is 6.57. The number of aromatic nitrogens is 2. The smallest absolute Gasteiger partial charge is 0.408 e. The van der Waals surface area contributed by atoms with Gasteiger partial charge in [0.05, 0.1) is 6.54 Å². The van der Waals surface area contributed by atoms with Crippen LogP contribution in [0.5, 0.6) is 0 Å². The van der Waals surface area contributed by atoms with E-state index in [1.807, 2.05) is 41.5 Å². The van der Waals surface area contributed by atoms with Crippen LogP contribution in [0.25, 0.3) is 0 Å². The summed E-state index contributed by atoms with van der Waals surface area (Å²) in [5.74, 6) is 6.49. The van der Waals surface area contributed by atoms with Crippen LogP contribution in [0, 0.1) is 11.8 Å². The van der Waals surface area contributed by atoms with Gasteiger partial charge in [0.15, 0.2) is 0 Å². The Labute approximate surface area is 126 Å². The Hall–Kier alpha value is -2.09. The molecule has 0 aliphatic rings. The molecule has 0 bridgehead atoms. The minimum absolute atomic E-state index is 0.119. The average molecular weight is 289 g/mol. The van der Waals surface area contributed by atoms with Gasteiger partial charge in [-0.15, -0.1) is 0 Å². The molecule has 5 heteroatoms. The first-order valence-electron chi connectivity index (χ1n) is 6.87. The van der Waals surface area contributed by atoms with Crippen LogP contribution in [0.2, 0.25) is 0 Å². The number of carbonyl (C=O) groups is 1. The lowest BCUT2D eigenvalue weighted by Crippen LogP contribution is -2.32. The molecule has 1 amide bonds. The maximum atomic E-state index is 11.4. The van der Waals surface area contributed by atoms with Gasteiger partial charge < -0.3 is 10.1 Å². The van der Waals surface area contributed by atoms with E-state index in [1.165, 1.54) is 0 Å². The van der Waals surface area contributed by atoms with Crippen molar-refractivity contribution in [1.29, 1.82) is 0 Å². The number of nitrogens with one attached hydrogen (secondary N) is 1. The van der Waals surface area contributed by atoms with Crippen LogP contribution < -0.4 is 5.32 Å². The van der Waals surface area contributed by atoms with Gasteiger partial charge in [0.2, 0.25) is 0 Å². The molecule has 0 aromatic carbocycles. The fourth-order valence-corrected chi connectivity index (χ4v) is 1.35. The van der Waals surface area contributed by atoms with E-state index in [4.69, 9.17) is 4.74 Å². The van der Waals surface area contributed by atoms with Crippen LogP contribution in [-0.4, -0.2) is 28.2 Å². The number of amides is 1. The Morgan fingerprint density at radius 3 is 2.52 bits per heavy atom. The van der Waals surface area contributed by atoms with E-state index in [-0.39, 0.29) is 12.0 Å². The summed E-state index contributed by atoms with van der Waals surface area (Å²) < 4.78 is 5.11. The van der Waals surface area contributed by atoms with Crippen molar-refractivity contribution < 1.29 is 9.53 Å². The quantitative estimate of drug-likeness (QED) is 0.807. The monoisotopic (exact) mass is 289 g/mol. The number of hydrogen-bond donors (Lipinski definition) is 1. The van der Waals surface area contributed by atoms with Gasteiger partial charge in [-0.3, -0.25) is 0 Å². The van der Waals surface area contributed by atoms with Crippen molar-refractivity contribution in [2.75, 3.05) is 6.54 Å². The summed E-state index contributed by atoms with van der Waals surface area (Å²) in [6.07, 6.45) is 1.22. The van der Waals surface area contributed by atoms with Crippen molar-refractivity contribution >= 4 is 6.09 Å². The molecular formula is C16H23N3O2. The minimum Gasteiger partial charge on any atom is -0.444 e. The first-order valence-corrected chi connectivity index (χ1v) is 6.87. The normalized spacial score (nSPS) is 11.3. The van der Waals surface area contributed by atoms with E-state index in [1.54, 1.807) is 12.3 Å².